The molecule has 15 heavy (non-hydrogen) atoms. The zero-order valence-corrected chi connectivity index (χ0v) is 12.7. The summed E-state index contributed by atoms with van der Waals surface area (Å²) in [6.45, 7) is 11.0. The highest BCUT2D eigenvalue weighted by Gasteiger charge is 2.16. The first-order valence-corrected chi connectivity index (χ1v) is 9.48. The molecule has 3 heteroatoms. The van der Waals surface area contributed by atoms with Crippen LogP contribution in [-0.2, 0) is 0 Å². The number of halogens is 1. The van der Waals surface area contributed by atoms with Crippen LogP contribution >= 0.6 is 15.9 Å². The van der Waals surface area contributed by atoms with Crippen LogP contribution in [0.25, 0.3) is 0 Å². The molecule has 1 aromatic rings. The molecule has 0 saturated carbocycles. The van der Waals surface area contributed by atoms with Crippen molar-refractivity contribution in [2.45, 2.75) is 39.4 Å². The Hall–Kier alpha value is -0.283. The van der Waals surface area contributed by atoms with E-state index in [1.807, 2.05) is 0 Å². The van der Waals surface area contributed by atoms with E-state index in [0.29, 0.717) is 5.92 Å². The molecule has 0 aromatic heterocycles. The number of rotatable bonds is 3. The van der Waals surface area contributed by atoms with Crippen LogP contribution in [-0.4, -0.2) is 8.32 Å². The van der Waals surface area contributed by atoms with E-state index in [4.69, 9.17) is 4.43 Å². The predicted molar refractivity (Wildman–Crippen MR) is 72.2 cm³/mol. The Morgan fingerprint density at radius 1 is 1.20 bits per heavy atom. The van der Waals surface area contributed by atoms with E-state index in [1.54, 1.807) is 0 Å². The average Bonchev–Trinajstić information content (AvgIpc) is 1.99. The maximum atomic E-state index is 5.93. The monoisotopic (exact) mass is 286 g/mol. The molecule has 1 aromatic carbocycles. The minimum atomic E-state index is -1.49. The van der Waals surface area contributed by atoms with Gasteiger partial charge < -0.3 is 4.43 Å². The van der Waals surface area contributed by atoms with E-state index in [-0.39, 0.29) is 0 Å². The third-order valence-electron chi connectivity index (χ3n) is 2.02. The predicted octanol–water partition coefficient (Wildman–Crippen LogP) is 4.79. The van der Waals surface area contributed by atoms with E-state index in [1.165, 1.54) is 5.56 Å². The molecule has 0 saturated heterocycles. The van der Waals surface area contributed by atoms with Crippen molar-refractivity contribution in [1.29, 1.82) is 0 Å². The molecular formula is C12H19BrOSi. The second-order valence-corrected chi connectivity index (χ2v) is 10.3. The maximum absolute atomic E-state index is 5.93. The fourth-order valence-electron chi connectivity index (χ4n) is 1.39. The first kappa shape index (κ1) is 12.8. The van der Waals surface area contributed by atoms with E-state index in [2.05, 4.69) is 67.6 Å². The smallest absolute Gasteiger partial charge is 0.242 e. The Morgan fingerprint density at radius 2 is 1.80 bits per heavy atom. The minimum Gasteiger partial charge on any atom is -0.544 e. The average molecular weight is 287 g/mol. The SMILES string of the molecule is CC(C)c1ccc(O[Si](C)(C)C)cc1Br. The van der Waals surface area contributed by atoms with Crippen molar-refractivity contribution in [3.63, 3.8) is 0 Å². The summed E-state index contributed by atoms with van der Waals surface area (Å²) in [7, 11) is -1.49. The van der Waals surface area contributed by atoms with E-state index < -0.39 is 8.32 Å². The molecular weight excluding hydrogens is 268 g/mol. The topological polar surface area (TPSA) is 9.23 Å². The van der Waals surface area contributed by atoms with Crippen molar-refractivity contribution in [1.82, 2.24) is 0 Å². The van der Waals surface area contributed by atoms with Gasteiger partial charge in [-0.05, 0) is 43.3 Å². The zero-order valence-electron chi connectivity index (χ0n) is 10.1. The Bertz CT molecular complexity index is 342. The lowest BCUT2D eigenvalue weighted by Crippen LogP contribution is -2.29. The summed E-state index contributed by atoms with van der Waals surface area (Å²) in [4.78, 5) is 0. The molecule has 0 N–H and O–H groups in total. The summed E-state index contributed by atoms with van der Waals surface area (Å²) < 4.78 is 7.07. The van der Waals surface area contributed by atoms with Crippen LogP contribution in [0.5, 0.6) is 5.75 Å². The Balaban J connectivity index is 2.92. The Morgan fingerprint density at radius 3 is 2.20 bits per heavy atom. The molecule has 0 aliphatic carbocycles. The molecule has 84 valence electrons. The molecule has 1 nitrogen and oxygen atoms in total. The van der Waals surface area contributed by atoms with Gasteiger partial charge in [-0.2, -0.15) is 0 Å². The van der Waals surface area contributed by atoms with Gasteiger partial charge in [-0.3, -0.25) is 0 Å². The number of benzene rings is 1. The number of hydrogen-bond donors (Lipinski definition) is 0. The highest BCUT2D eigenvalue weighted by Crippen LogP contribution is 2.29. The van der Waals surface area contributed by atoms with E-state index in [0.717, 1.165) is 10.2 Å². The lowest BCUT2D eigenvalue weighted by molar-refractivity contribution is 0.556. The van der Waals surface area contributed by atoms with Crippen molar-refractivity contribution in [3.05, 3.63) is 28.2 Å². The standard InChI is InChI=1S/C12H19BrOSi/c1-9(2)11-7-6-10(8-12(11)13)14-15(3,4)5/h6-9H,1-5H3. The summed E-state index contributed by atoms with van der Waals surface area (Å²) in [5.74, 6) is 1.52. The third-order valence-corrected chi connectivity index (χ3v) is 3.55. The summed E-state index contributed by atoms with van der Waals surface area (Å²) in [5, 5.41) is 0. The fraction of sp³-hybridized carbons (Fsp3) is 0.500. The van der Waals surface area contributed by atoms with Gasteiger partial charge in [-0.15, -0.1) is 0 Å². The van der Waals surface area contributed by atoms with Crippen LogP contribution < -0.4 is 4.43 Å². The molecule has 0 heterocycles. The first-order chi connectivity index (χ1) is 6.79. The van der Waals surface area contributed by atoms with E-state index in [9.17, 15) is 0 Å². The van der Waals surface area contributed by atoms with Crippen LogP contribution in [0.15, 0.2) is 22.7 Å². The van der Waals surface area contributed by atoms with Crippen LogP contribution in [0.3, 0.4) is 0 Å². The van der Waals surface area contributed by atoms with Gasteiger partial charge in [0.05, 0.1) is 0 Å². The molecule has 0 bridgehead atoms. The van der Waals surface area contributed by atoms with Crippen LogP contribution in [0.4, 0.5) is 0 Å². The zero-order chi connectivity index (χ0) is 11.6. The molecule has 0 spiro atoms. The highest BCUT2D eigenvalue weighted by atomic mass is 79.9. The second kappa shape index (κ2) is 4.70. The van der Waals surface area contributed by atoms with Crippen molar-refractivity contribution in [2.75, 3.05) is 0 Å². The summed E-state index contributed by atoms with van der Waals surface area (Å²) in [5.41, 5.74) is 1.33. The largest absolute Gasteiger partial charge is 0.544 e. The lowest BCUT2D eigenvalue weighted by Gasteiger charge is -2.20. The molecule has 0 unspecified atom stereocenters. The molecule has 0 fully saturated rings. The van der Waals surface area contributed by atoms with E-state index >= 15 is 0 Å². The quantitative estimate of drug-likeness (QED) is 0.726. The molecule has 0 radical (unpaired) electrons. The van der Waals surface area contributed by atoms with Gasteiger partial charge >= 0.3 is 0 Å². The number of hydrogen-bond acceptors (Lipinski definition) is 1. The molecule has 0 amide bonds. The summed E-state index contributed by atoms with van der Waals surface area (Å²) >= 11 is 3.59. The molecule has 0 aliphatic rings. The highest BCUT2D eigenvalue weighted by molar-refractivity contribution is 9.10. The van der Waals surface area contributed by atoms with Gasteiger partial charge in [-0.25, -0.2) is 0 Å². The molecule has 0 aliphatic heterocycles. The third kappa shape index (κ3) is 3.99. The van der Waals surface area contributed by atoms with Crippen molar-refractivity contribution < 1.29 is 4.43 Å². The van der Waals surface area contributed by atoms with Crippen LogP contribution in [0, 0.1) is 0 Å². The summed E-state index contributed by atoms with van der Waals surface area (Å²) in [6.07, 6.45) is 0. The van der Waals surface area contributed by atoms with Gasteiger partial charge in [0.15, 0.2) is 0 Å². The normalized spacial score (nSPS) is 11.9. The fourth-order valence-corrected chi connectivity index (χ4v) is 3.04. The summed E-state index contributed by atoms with van der Waals surface area (Å²) in [6, 6.07) is 6.29. The minimum absolute atomic E-state index is 0.542. The Kier molecular flexibility index (Phi) is 4.01. The van der Waals surface area contributed by atoms with Crippen LogP contribution in [0.1, 0.15) is 25.3 Å². The van der Waals surface area contributed by atoms with Crippen molar-refractivity contribution in [3.8, 4) is 5.75 Å². The molecule has 1 rings (SSSR count). The maximum Gasteiger partial charge on any atom is 0.242 e. The Labute approximate surface area is 102 Å². The van der Waals surface area contributed by atoms with Crippen molar-refractivity contribution in [2.24, 2.45) is 0 Å². The van der Waals surface area contributed by atoms with Gasteiger partial charge in [0, 0.05) is 4.47 Å². The van der Waals surface area contributed by atoms with Gasteiger partial charge in [0.25, 0.3) is 0 Å². The van der Waals surface area contributed by atoms with Crippen LogP contribution in [0.2, 0.25) is 19.6 Å². The van der Waals surface area contributed by atoms with Gasteiger partial charge in [-0.1, -0.05) is 35.8 Å². The van der Waals surface area contributed by atoms with Gasteiger partial charge in [0.2, 0.25) is 8.32 Å². The molecule has 0 atom stereocenters. The first-order valence-electron chi connectivity index (χ1n) is 5.28. The van der Waals surface area contributed by atoms with Gasteiger partial charge in [0.1, 0.15) is 5.75 Å². The second-order valence-electron chi connectivity index (χ2n) is 5.05. The lowest BCUT2D eigenvalue weighted by atomic mass is 10.0. The van der Waals surface area contributed by atoms with Crippen molar-refractivity contribution >= 4 is 24.2 Å².